The van der Waals surface area contributed by atoms with Gasteiger partial charge in [0.15, 0.2) is 0 Å². The van der Waals surface area contributed by atoms with E-state index in [1.165, 1.54) is 50.0 Å². The minimum Gasteiger partial charge on any atom is -0.497 e. The minimum absolute atomic E-state index is 0.0175. The highest BCUT2D eigenvalue weighted by molar-refractivity contribution is 7.92. The first-order valence-corrected chi connectivity index (χ1v) is 16.8. The van der Waals surface area contributed by atoms with E-state index in [0.29, 0.717) is 28.7 Å². The Bertz CT molecular complexity index is 1760. The van der Waals surface area contributed by atoms with Crippen molar-refractivity contribution in [1.29, 1.82) is 0 Å². The van der Waals surface area contributed by atoms with Gasteiger partial charge in [-0.1, -0.05) is 41.4 Å². The van der Waals surface area contributed by atoms with Gasteiger partial charge in [-0.2, -0.15) is 0 Å². The Morgan fingerprint density at radius 2 is 1.78 bits per heavy atom. The van der Waals surface area contributed by atoms with Crippen LogP contribution in [0.15, 0.2) is 78.1 Å². The standard InChI is InChI=1S/C34H39ClFN5O4S/c1-22-6-8-23(9-7-22)24-11-13-29(31(16-24)40(2)3)39-30-19-28(36)33(18-27(30)35)46(42,43)41(34-14-15-37-21-38-34)20-25-10-12-26(44-4)17-32(25)45-5/h6-10,12,14-15,17-19,21,24,29,31,39H,11,13,16,20H2,1-5H3/t24-,29-,31-/m0/s1. The van der Waals surface area contributed by atoms with E-state index in [0.717, 1.165) is 29.6 Å². The molecule has 12 heteroatoms. The summed E-state index contributed by atoms with van der Waals surface area (Å²) in [5, 5.41) is 3.54. The number of nitrogens with zero attached hydrogens (tertiary/aromatic N) is 4. The van der Waals surface area contributed by atoms with Crippen molar-refractivity contribution in [3.63, 3.8) is 0 Å². The molecule has 0 saturated heterocycles. The maximum Gasteiger partial charge on any atom is 0.268 e. The molecule has 1 heterocycles. The number of sulfonamides is 1. The lowest BCUT2D eigenvalue weighted by atomic mass is 9.78. The summed E-state index contributed by atoms with van der Waals surface area (Å²) in [6, 6.07) is 17.6. The van der Waals surface area contributed by atoms with Gasteiger partial charge in [0, 0.05) is 36.0 Å². The van der Waals surface area contributed by atoms with Crippen molar-refractivity contribution in [3.8, 4) is 11.5 Å². The van der Waals surface area contributed by atoms with Crippen molar-refractivity contribution in [2.24, 2.45) is 0 Å². The van der Waals surface area contributed by atoms with Crippen molar-refractivity contribution in [2.45, 2.75) is 55.6 Å². The van der Waals surface area contributed by atoms with Crippen LogP contribution in [-0.4, -0.2) is 63.7 Å². The van der Waals surface area contributed by atoms with Crippen LogP contribution in [0.5, 0.6) is 11.5 Å². The van der Waals surface area contributed by atoms with Gasteiger partial charge in [0.1, 0.15) is 34.4 Å². The molecule has 0 bridgehead atoms. The second-order valence-corrected chi connectivity index (χ2v) is 14.0. The van der Waals surface area contributed by atoms with Crippen LogP contribution < -0.4 is 19.1 Å². The molecule has 1 fully saturated rings. The number of likely N-dealkylation sites (N-methyl/N-ethyl adjacent to an activating group) is 1. The average molecular weight is 668 g/mol. The number of anilines is 2. The third-order valence-electron chi connectivity index (χ3n) is 8.59. The summed E-state index contributed by atoms with van der Waals surface area (Å²) >= 11 is 6.70. The van der Waals surface area contributed by atoms with Crippen LogP contribution in [0.2, 0.25) is 5.02 Å². The van der Waals surface area contributed by atoms with Gasteiger partial charge in [0.2, 0.25) is 0 Å². The predicted molar refractivity (Wildman–Crippen MR) is 179 cm³/mol. The molecule has 1 aliphatic carbocycles. The molecule has 0 unspecified atom stereocenters. The van der Waals surface area contributed by atoms with Gasteiger partial charge in [0.25, 0.3) is 10.0 Å². The predicted octanol–water partition coefficient (Wildman–Crippen LogP) is 6.67. The fourth-order valence-corrected chi connectivity index (χ4v) is 7.80. The van der Waals surface area contributed by atoms with Crippen molar-refractivity contribution in [2.75, 3.05) is 37.9 Å². The maximum absolute atomic E-state index is 15.9. The Hall–Kier alpha value is -3.93. The van der Waals surface area contributed by atoms with Gasteiger partial charge in [-0.3, -0.25) is 0 Å². The SMILES string of the molecule is COc1ccc(CN(c2ccncn2)S(=O)(=O)c2cc(Cl)c(N[C@H]3CC[C@H](c4ccc(C)cc4)C[C@@H]3N(C)C)cc2F)c(OC)c1. The normalized spacial score (nSPS) is 18.3. The fraction of sp³-hybridized carbons (Fsp3) is 0.353. The summed E-state index contributed by atoms with van der Waals surface area (Å²) in [7, 11) is 2.57. The molecule has 244 valence electrons. The van der Waals surface area contributed by atoms with E-state index in [1.807, 2.05) is 14.1 Å². The lowest BCUT2D eigenvalue weighted by Gasteiger charge is -2.41. The molecule has 0 spiro atoms. The molecule has 0 radical (unpaired) electrons. The molecule has 1 aliphatic rings. The number of ether oxygens (including phenoxy) is 2. The molecule has 4 aromatic rings. The molecule has 1 saturated carbocycles. The summed E-state index contributed by atoms with van der Waals surface area (Å²) in [6.45, 7) is 1.89. The van der Waals surface area contributed by atoms with Crippen molar-refractivity contribution >= 4 is 33.1 Å². The minimum atomic E-state index is -4.50. The largest absolute Gasteiger partial charge is 0.497 e. The highest BCUT2D eigenvalue weighted by Crippen LogP contribution is 2.39. The van der Waals surface area contributed by atoms with Crippen LogP contribution in [0, 0.1) is 12.7 Å². The number of hydrogen-bond donors (Lipinski definition) is 1. The summed E-state index contributed by atoms with van der Waals surface area (Å²) < 4.78 is 56.0. The third kappa shape index (κ3) is 7.22. The van der Waals surface area contributed by atoms with E-state index in [1.54, 1.807) is 18.2 Å². The molecule has 9 nitrogen and oxygen atoms in total. The quantitative estimate of drug-likeness (QED) is 0.190. The number of nitrogens with one attached hydrogen (secondary N) is 1. The zero-order chi connectivity index (χ0) is 33.0. The fourth-order valence-electron chi connectivity index (χ4n) is 6.04. The molecule has 0 aliphatic heterocycles. The molecular weight excluding hydrogens is 629 g/mol. The Kier molecular flexibility index (Phi) is 10.3. The Morgan fingerprint density at radius 1 is 1.02 bits per heavy atom. The zero-order valence-corrected chi connectivity index (χ0v) is 28.1. The van der Waals surface area contributed by atoms with Gasteiger partial charge in [-0.25, -0.2) is 27.1 Å². The van der Waals surface area contributed by atoms with Crippen LogP contribution in [-0.2, 0) is 16.6 Å². The monoisotopic (exact) mass is 667 g/mol. The first-order valence-electron chi connectivity index (χ1n) is 15.0. The number of hydrogen-bond acceptors (Lipinski definition) is 8. The smallest absolute Gasteiger partial charge is 0.268 e. The first kappa shape index (κ1) is 33.4. The van der Waals surface area contributed by atoms with Crippen LogP contribution in [0.3, 0.4) is 0 Å². The number of methoxy groups -OCH3 is 2. The highest BCUT2D eigenvalue weighted by Gasteiger charge is 2.35. The molecule has 46 heavy (non-hydrogen) atoms. The molecular formula is C34H39ClFN5O4S. The second-order valence-electron chi connectivity index (χ2n) is 11.7. The Morgan fingerprint density at radius 3 is 2.43 bits per heavy atom. The van der Waals surface area contributed by atoms with E-state index in [9.17, 15) is 8.42 Å². The summed E-state index contributed by atoms with van der Waals surface area (Å²) in [6.07, 6.45) is 5.36. The van der Waals surface area contributed by atoms with Crippen LogP contribution in [0.4, 0.5) is 15.9 Å². The number of halogens is 2. The van der Waals surface area contributed by atoms with E-state index in [-0.39, 0.29) is 29.5 Å². The zero-order valence-electron chi connectivity index (χ0n) is 26.6. The number of benzene rings is 3. The third-order valence-corrected chi connectivity index (χ3v) is 10.7. The summed E-state index contributed by atoms with van der Waals surface area (Å²) in [4.78, 5) is 9.67. The molecule has 1 aromatic heterocycles. The lowest BCUT2D eigenvalue weighted by molar-refractivity contribution is 0.196. The van der Waals surface area contributed by atoms with Gasteiger partial charge in [-0.15, -0.1) is 0 Å². The topological polar surface area (TPSA) is 96.9 Å². The highest BCUT2D eigenvalue weighted by atomic mass is 35.5. The van der Waals surface area contributed by atoms with E-state index in [4.69, 9.17) is 21.1 Å². The van der Waals surface area contributed by atoms with Crippen molar-refractivity contribution in [1.82, 2.24) is 14.9 Å². The molecule has 0 amide bonds. The van der Waals surface area contributed by atoms with Gasteiger partial charge < -0.3 is 19.7 Å². The van der Waals surface area contributed by atoms with Crippen molar-refractivity contribution < 1.29 is 22.3 Å². The van der Waals surface area contributed by atoms with Gasteiger partial charge in [-0.05, 0) is 76.0 Å². The molecule has 5 rings (SSSR count). The number of aryl methyl sites for hydroxylation is 1. The maximum atomic E-state index is 15.9. The average Bonchev–Trinajstić information content (AvgIpc) is 3.05. The first-order chi connectivity index (χ1) is 22.0. The van der Waals surface area contributed by atoms with E-state index >= 15 is 4.39 Å². The summed E-state index contributed by atoms with van der Waals surface area (Å²) in [5.41, 5.74) is 3.40. The van der Waals surface area contributed by atoms with Crippen molar-refractivity contribution in [3.05, 3.63) is 101 Å². The molecule has 1 N–H and O–H groups in total. The Labute approximate surface area is 275 Å². The number of aromatic nitrogens is 2. The Balaban J connectivity index is 1.43. The van der Waals surface area contributed by atoms with Crippen LogP contribution in [0.1, 0.15) is 41.9 Å². The van der Waals surface area contributed by atoms with Gasteiger partial charge in [0.05, 0.1) is 31.5 Å². The lowest BCUT2D eigenvalue weighted by Crippen LogP contribution is -2.47. The summed E-state index contributed by atoms with van der Waals surface area (Å²) in [5.74, 6) is 0.479. The molecule has 3 atom stereocenters. The van der Waals surface area contributed by atoms with E-state index in [2.05, 4.69) is 51.4 Å². The molecule has 3 aromatic carbocycles. The number of rotatable bonds is 11. The van der Waals surface area contributed by atoms with Gasteiger partial charge >= 0.3 is 0 Å². The van der Waals surface area contributed by atoms with Crippen LogP contribution in [0.25, 0.3) is 0 Å². The second kappa shape index (κ2) is 14.2. The van der Waals surface area contributed by atoms with Crippen LogP contribution >= 0.6 is 11.6 Å². The van der Waals surface area contributed by atoms with E-state index < -0.39 is 20.7 Å².